The average Bonchev–Trinajstić information content (AvgIpc) is 3.11. The minimum atomic E-state index is -3.66. The van der Waals surface area contributed by atoms with Crippen LogP contribution in [0, 0.1) is 6.92 Å². The highest BCUT2D eigenvalue weighted by molar-refractivity contribution is 7.92. The van der Waals surface area contributed by atoms with Gasteiger partial charge in [0.25, 0.3) is 0 Å². The summed E-state index contributed by atoms with van der Waals surface area (Å²) in [4.78, 5) is 12.3. The lowest BCUT2D eigenvalue weighted by Gasteiger charge is -2.22. The Kier molecular flexibility index (Phi) is 5.93. The van der Waals surface area contributed by atoms with Crippen LogP contribution in [0.2, 0.25) is 0 Å². The Hall–Kier alpha value is -2.94. The van der Waals surface area contributed by atoms with Gasteiger partial charge >= 0.3 is 0 Å². The monoisotopic (exact) mass is 406 g/mol. The summed E-state index contributed by atoms with van der Waals surface area (Å²) >= 11 is 0. The van der Waals surface area contributed by atoms with Gasteiger partial charge < -0.3 is 19.5 Å². The van der Waals surface area contributed by atoms with E-state index in [1.807, 2.05) is 31.2 Å². The summed E-state index contributed by atoms with van der Waals surface area (Å²) in [5, 5.41) is 2.67. The largest absolute Gasteiger partial charge is 0.491 e. The van der Waals surface area contributed by atoms with Crippen molar-refractivity contribution in [2.24, 2.45) is 0 Å². The molecule has 28 heavy (non-hydrogen) atoms. The molecule has 0 saturated carbocycles. The van der Waals surface area contributed by atoms with E-state index in [1.54, 1.807) is 12.1 Å². The van der Waals surface area contributed by atoms with Crippen molar-refractivity contribution in [3.8, 4) is 17.2 Å². The highest BCUT2D eigenvalue weighted by Gasteiger charge is 2.23. The van der Waals surface area contributed by atoms with Gasteiger partial charge in [-0.3, -0.25) is 9.10 Å². The molecule has 9 heteroatoms. The van der Waals surface area contributed by atoms with Crippen molar-refractivity contribution in [2.75, 3.05) is 37.1 Å². The third-order valence-corrected chi connectivity index (χ3v) is 5.25. The fourth-order valence-electron chi connectivity index (χ4n) is 2.70. The van der Waals surface area contributed by atoms with Crippen LogP contribution in [0.25, 0.3) is 0 Å². The van der Waals surface area contributed by atoms with Crippen molar-refractivity contribution in [2.45, 2.75) is 6.92 Å². The first-order valence-electron chi connectivity index (χ1n) is 8.67. The van der Waals surface area contributed by atoms with Gasteiger partial charge in [-0.05, 0) is 30.7 Å². The fourth-order valence-corrected chi connectivity index (χ4v) is 3.54. The summed E-state index contributed by atoms with van der Waals surface area (Å²) in [5.74, 6) is 1.29. The molecular weight excluding hydrogens is 384 g/mol. The van der Waals surface area contributed by atoms with Gasteiger partial charge in [-0.25, -0.2) is 8.42 Å². The van der Waals surface area contributed by atoms with E-state index in [0.717, 1.165) is 21.9 Å². The molecule has 0 spiro atoms. The minimum absolute atomic E-state index is 0.0824. The Morgan fingerprint density at radius 3 is 2.68 bits per heavy atom. The zero-order valence-electron chi connectivity index (χ0n) is 15.7. The topological polar surface area (TPSA) is 94.2 Å². The van der Waals surface area contributed by atoms with Crippen LogP contribution in [0.5, 0.6) is 17.2 Å². The van der Waals surface area contributed by atoms with E-state index in [9.17, 15) is 13.2 Å². The molecule has 1 heterocycles. The van der Waals surface area contributed by atoms with Gasteiger partial charge in [0.15, 0.2) is 11.5 Å². The van der Waals surface area contributed by atoms with Crippen molar-refractivity contribution >= 4 is 21.6 Å². The zero-order chi connectivity index (χ0) is 20.1. The Morgan fingerprint density at radius 2 is 1.93 bits per heavy atom. The molecule has 0 radical (unpaired) electrons. The highest BCUT2D eigenvalue weighted by Crippen LogP contribution is 2.36. The molecule has 150 valence electrons. The van der Waals surface area contributed by atoms with Gasteiger partial charge in [0.1, 0.15) is 18.9 Å². The molecule has 2 aromatic rings. The minimum Gasteiger partial charge on any atom is -0.491 e. The first-order chi connectivity index (χ1) is 13.3. The molecule has 1 N–H and O–H groups in total. The van der Waals surface area contributed by atoms with Gasteiger partial charge in [0, 0.05) is 6.07 Å². The van der Waals surface area contributed by atoms with Crippen molar-refractivity contribution in [3.63, 3.8) is 0 Å². The number of nitrogens with zero attached hydrogens (tertiary/aromatic N) is 1. The SMILES string of the molecule is Cc1ccccc1OCCNC(=O)CN(c1ccc2c(c1)OCO2)S(C)(=O)=O. The molecule has 1 amide bonds. The second-order valence-corrected chi connectivity index (χ2v) is 8.18. The van der Waals surface area contributed by atoms with Gasteiger partial charge in [0.2, 0.25) is 22.7 Å². The normalized spacial score (nSPS) is 12.5. The van der Waals surface area contributed by atoms with Crippen LogP contribution >= 0.6 is 0 Å². The molecule has 0 fully saturated rings. The number of para-hydroxylation sites is 1. The van der Waals surface area contributed by atoms with E-state index >= 15 is 0 Å². The number of ether oxygens (including phenoxy) is 3. The van der Waals surface area contributed by atoms with E-state index in [4.69, 9.17) is 14.2 Å². The first kappa shape index (κ1) is 19.8. The molecule has 1 aliphatic heterocycles. The molecule has 3 rings (SSSR count). The van der Waals surface area contributed by atoms with E-state index < -0.39 is 15.9 Å². The molecule has 1 aliphatic rings. The molecule has 8 nitrogen and oxygen atoms in total. The Balaban J connectivity index is 1.57. The number of sulfonamides is 1. The zero-order valence-corrected chi connectivity index (χ0v) is 16.5. The molecule has 0 atom stereocenters. The number of hydrogen-bond donors (Lipinski definition) is 1. The molecule has 0 saturated heterocycles. The Bertz CT molecular complexity index is 961. The second-order valence-electron chi connectivity index (χ2n) is 6.27. The van der Waals surface area contributed by atoms with Crippen LogP contribution in [0.15, 0.2) is 42.5 Å². The van der Waals surface area contributed by atoms with Gasteiger partial charge in [-0.15, -0.1) is 0 Å². The van der Waals surface area contributed by atoms with E-state index in [0.29, 0.717) is 17.2 Å². The van der Waals surface area contributed by atoms with Crippen molar-refractivity contribution in [1.29, 1.82) is 0 Å². The van der Waals surface area contributed by atoms with E-state index in [2.05, 4.69) is 5.32 Å². The van der Waals surface area contributed by atoms with Crippen LogP contribution in [0.4, 0.5) is 5.69 Å². The van der Waals surface area contributed by atoms with Gasteiger partial charge in [0.05, 0.1) is 18.5 Å². The quantitative estimate of drug-likeness (QED) is 0.671. The first-order valence-corrected chi connectivity index (χ1v) is 10.5. The number of amides is 1. The third kappa shape index (κ3) is 4.86. The van der Waals surface area contributed by atoms with Crippen LogP contribution in [0.1, 0.15) is 5.56 Å². The summed E-state index contributed by atoms with van der Waals surface area (Å²) in [6.07, 6.45) is 1.05. The maximum atomic E-state index is 12.3. The van der Waals surface area contributed by atoms with Crippen LogP contribution < -0.4 is 23.8 Å². The maximum Gasteiger partial charge on any atom is 0.240 e. The molecule has 0 unspecified atom stereocenters. The summed E-state index contributed by atoms with van der Waals surface area (Å²) in [6, 6.07) is 12.3. The number of nitrogens with one attached hydrogen (secondary N) is 1. The molecular formula is C19H22N2O6S. The van der Waals surface area contributed by atoms with Crippen molar-refractivity contribution in [1.82, 2.24) is 5.32 Å². The number of anilines is 1. The number of rotatable bonds is 8. The molecule has 2 aromatic carbocycles. The van der Waals surface area contributed by atoms with Crippen LogP contribution in [0.3, 0.4) is 0 Å². The van der Waals surface area contributed by atoms with Gasteiger partial charge in [-0.1, -0.05) is 18.2 Å². The molecule has 0 aliphatic carbocycles. The predicted octanol–water partition coefficient (Wildman–Crippen LogP) is 1.68. The highest BCUT2D eigenvalue weighted by atomic mass is 32.2. The number of benzene rings is 2. The number of carbonyl (C=O) groups is 1. The lowest BCUT2D eigenvalue weighted by atomic mass is 10.2. The number of carbonyl (C=O) groups excluding carboxylic acids is 1. The second kappa shape index (κ2) is 8.39. The summed E-state index contributed by atoms with van der Waals surface area (Å²) in [5.41, 5.74) is 1.33. The smallest absolute Gasteiger partial charge is 0.240 e. The van der Waals surface area contributed by atoms with Crippen molar-refractivity contribution in [3.05, 3.63) is 48.0 Å². The predicted molar refractivity (Wildman–Crippen MR) is 104 cm³/mol. The van der Waals surface area contributed by atoms with Gasteiger partial charge in [-0.2, -0.15) is 0 Å². The van der Waals surface area contributed by atoms with E-state index in [1.165, 1.54) is 6.07 Å². The van der Waals surface area contributed by atoms with Crippen LogP contribution in [-0.2, 0) is 14.8 Å². The average molecular weight is 406 g/mol. The number of hydrogen-bond acceptors (Lipinski definition) is 6. The number of aryl methyl sites for hydroxylation is 1. The summed E-state index contributed by atoms with van der Waals surface area (Å²) in [6.45, 7) is 2.20. The molecule has 0 bridgehead atoms. The lowest BCUT2D eigenvalue weighted by molar-refractivity contribution is -0.119. The Morgan fingerprint density at radius 1 is 1.18 bits per heavy atom. The van der Waals surface area contributed by atoms with Crippen molar-refractivity contribution < 1.29 is 27.4 Å². The molecule has 0 aromatic heterocycles. The lowest BCUT2D eigenvalue weighted by Crippen LogP contribution is -2.41. The summed E-state index contributed by atoms with van der Waals surface area (Å²) < 4.78 is 41.5. The fraction of sp³-hybridized carbons (Fsp3) is 0.316. The Labute approximate surface area is 164 Å². The number of fused-ring (bicyclic) bond motifs is 1. The third-order valence-electron chi connectivity index (χ3n) is 4.11. The van der Waals surface area contributed by atoms with Crippen LogP contribution in [-0.4, -0.2) is 47.1 Å². The standard InChI is InChI=1S/C19H22N2O6S/c1-14-5-3-4-6-16(14)25-10-9-20-19(22)12-21(28(2,23)24)15-7-8-17-18(11-15)27-13-26-17/h3-8,11H,9-10,12-13H2,1-2H3,(H,20,22). The maximum absolute atomic E-state index is 12.3. The summed E-state index contributed by atoms with van der Waals surface area (Å²) in [7, 11) is -3.66. The van der Waals surface area contributed by atoms with E-state index in [-0.39, 0.29) is 26.5 Å².